The van der Waals surface area contributed by atoms with Crippen LogP contribution in [0, 0.1) is 0 Å². The van der Waals surface area contributed by atoms with E-state index in [-0.39, 0.29) is 31.6 Å². The van der Waals surface area contributed by atoms with Gasteiger partial charge in [-0.3, -0.25) is 9.59 Å². The Bertz CT molecular complexity index is 473. The molecule has 0 saturated heterocycles. The van der Waals surface area contributed by atoms with Crippen molar-refractivity contribution in [3.8, 4) is 5.75 Å². The van der Waals surface area contributed by atoms with Crippen LogP contribution < -0.4 is 4.74 Å². The van der Waals surface area contributed by atoms with Gasteiger partial charge in [0.2, 0.25) is 0 Å². The van der Waals surface area contributed by atoms with Crippen LogP contribution in [0.3, 0.4) is 0 Å². The first-order chi connectivity index (χ1) is 9.52. The van der Waals surface area contributed by atoms with Crippen LogP contribution in [-0.2, 0) is 25.5 Å². The molecule has 5 nitrogen and oxygen atoms in total. The van der Waals surface area contributed by atoms with Crippen LogP contribution in [0.15, 0.2) is 22.7 Å². The summed E-state index contributed by atoms with van der Waals surface area (Å²) in [6, 6.07) is 5.39. The van der Waals surface area contributed by atoms with Crippen molar-refractivity contribution in [2.75, 3.05) is 19.8 Å². The predicted molar refractivity (Wildman–Crippen MR) is 76.6 cm³/mol. The maximum atomic E-state index is 11.5. The Hall–Kier alpha value is -1.56. The lowest BCUT2D eigenvalue weighted by molar-refractivity contribution is -0.142. The van der Waals surface area contributed by atoms with Crippen molar-refractivity contribution in [2.45, 2.75) is 20.3 Å². The fraction of sp³-hybridized carbons (Fsp3) is 0.429. The van der Waals surface area contributed by atoms with E-state index in [0.29, 0.717) is 12.4 Å². The smallest absolute Gasteiger partial charge is 0.310 e. The zero-order chi connectivity index (χ0) is 15.0. The van der Waals surface area contributed by atoms with Crippen molar-refractivity contribution in [3.05, 3.63) is 28.2 Å². The highest BCUT2D eigenvalue weighted by Crippen LogP contribution is 2.24. The van der Waals surface area contributed by atoms with Gasteiger partial charge in [-0.05, 0) is 19.1 Å². The molecule has 0 aliphatic rings. The molecule has 1 rings (SSSR count). The second kappa shape index (κ2) is 8.58. The number of carbonyl (C=O) groups excluding carboxylic acids is 2. The molecule has 0 bridgehead atoms. The van der Waals surface area contributed by atoms with Crippen molar-refractivity contribution >= 4 is 27.9 Å². The standard InChI is InChI=1S/C14H17BrO5/c1-3-18-14(17)8-11-4-5-12(15)9-13(11)20-7-6-19-10(2)16/h4-5,9H,3,6-8H2,1-2H3. The Morgan fingerprint density at radius 2 is 1.95 bits per heavy atom. The molecule has 6 heteroatoms. The highest BCUT2D eigenvalue weighted by molar-refractivity contribution is 9.10. The van der Waals surface area contributed by atoms with Gasteiger partial charge < -0.3 is 14.2 Å². The third-order valence-corrected chi connectivity index (χ3v) is 2.81. The molecule has 0 N–H and O–H groups in total. The quantitative estimate of drug-likeness (QED) is 0.561. The maximum Gasteiger partial charge on any atom is 0.310 e. The molecule has 0 aromatic heterocycles. The van der Waals surface area contributed by atoms with Crippen LogP contribution in [-0.4, -0.2) is 31.8 Å². The van der Waals surface area contributed by atoms with Crippen molar-refractivity contribution in [3.63, 3.8) is 0 Å². The first-order valence-corrected chi connectivity index (χ1v) is 7.02. The molecule has 0 unspecified atom stereocenters. The molecule has 1 aromatic carbocycles. The number of halogens is 1. The largest absolute Gasteiger partial charge is 0.490 e. The number of hydrogen-bond donors (Lipinski definition) is 0. The molecule has 0 aliphatic heterocycles. The fourth-order valence-corrected chi connectivity index (χ4v) is 1.85. The van der Waals surface area contributed by atoms with Crippen molar-refractivity contribution in [1.82, 2.24) is 0 Å². The zero-order valence-electron chi connectivity index (χ0n) is 11.5. The third kappa shape index (κ3) is 6.06. The minimum atomic E-state index is -0.352. The highest BCUT2D eigenvalue weighted by atomic mass is 79.9. The Morgan fingerprint density at radius 1 is 1.20 bits per heavy atom. The van der Waals surface area contributed by atoms with Gasteiger partial charge in [-0.1, -0.05) is 22.0 Å². The van der Waals surface area contributed by atoms with E-state index in [2.05, 4.69) is 15.9 Å². The lowest BCUT2D eigenvalue weighted by Gasteiger charge is -2.11. The van der Waals surface area contributed by atoms with Gasteiger partial charge in [-0.25, -0.2) is 0 Å². The first-order valence-electron chi connectivity index (χ1n) is 6.23. The van der Waals surface area contributed by atoms with Gasteiger partial charge in [0.15, 0.2) is 0 Å². The van der Waals surface area contributed by atoms with Crippen LogP contribution in [0.1, 0.15) is 19.4 Å². The molecule has 0 amide bonds. The Labute approximate surface area is 126 Å². The van der Waals surface area contributed by atoms with E-state index in [1.165, 1.54) is 6.92 Å². The number of rotatable bonds is 7. The van der Waals surface area contributed by atoms with Gasteiger partial charge >= 0.3 is 11.9 Å². The molecule has 0 atom stereocenters. The number of esters is 2. The molecule has 110 valence electrons. The van der Waals surface area contributed by atoms with E-state index < -0.39 is 0 Å². The summed E-state index contributed by atoms with van der Waals surface area (Å²) in [5.74, 6) is -0.0890. The van der Waals surface area contributed by atoms with Gasteiger partial charge in [-0.15, -0.1) is 0 Å². The summed E-state index contributed by atoms with van der Waals surface area (Å²) in [5, 5.41) is 0. The Balaban J connectivity index is 2.64. The van der Waals surface area contributed by atoms with Gasteiger partial charge in [-0.2, -0.15) is 0 Å². The number of ether oxygens (including phenoxy) is 3. The van der Waals surface area contributed by atoms with Gasteiger partial charge in [0.1, 0.15) is 19.0 Å². The molecular weight excluding hydrogens is 328 g/mol. The Morgan fingerprint density at radius 3 is 2.60 bits per heavy atom. The molecule has 0 fully saturated rings. The zero-order valence-corrected chi connectivity index (χ0v) is 13.1. The lowest BCUT2D eigenvalue weighted by Crippen LogP contribution is -2.12. The molecule has 0 aliphatic carbocycles. The summed E-state index contributed by atoms with van der Waals surface area (Å²) in [6.07, 6.45) is 0.143. The summed E-state index contributed by atoms with van der Waals surface area (Å²) in [5.41, 5.74) is 0.731. The van der Waals surface area contributed by atoms with Crippen molar-refractivity contribution < 1.29 is 23.8 Å². The minimum absolute atomic E-state index is 0.143. The maximum absolute atomic E-state index is 11.5. The van der Waals surface area contributed by atoms with E-state index in [0.717, 1.165) is 10.0 Å². The normalized spacial score (nSPS) is 9.95. The monoisotopic (exact) mass is 344 g/mol. The minimum Gasteiger partial charge on any atom is -0.490 e. The highest BCUT2D eigenvalue weighted by Gasteiger charge is 2.10. The van der Waals surface area contributed by atoms with E-state index in [1.807, 2.05) is 6.07 Å². The summed E-state index contributed by atoms with van der Waals surface area (Å²) in [6.45, 7) is 3.84. The average molecular weight is 345 g/mol. The first kappa shape index (κ1) is 16.5. The van der Waals surface area contributed by atoms with E-state index in [9.17, 15) is 9.59 Å². The van der Waals surface area contributed by atoms with Crippen LogP contribution in [0.5, 0.6) is 5.75 Å². The molecule has 0 spiro atoms. The van der Waals surface area contributed by atoms with Crippen LogP contribution >= 0.6 is 15.9 Å². The van der Waals surface area contributed by atoms with Crippen LogP contribution in [0.2, 0.25) is 0 Å². The van der Waals surface area contributed by atoms with Crippen LogP contribution in [0.25, 0.3) is 0 Å². The van der Waals surface area contributed by atoms with Gasteiger partial charge in [0.05, 0.1) is 13.0 Å². The fourth-order valence-electron chi connectivity index (χ4n) is 1.51. The summed E-state index contributed by atoms with van der Waals surface area (Å²) < 4.78 is 16.1. The third-order valence-electron chi connectivity index (χ3n) is 2.32. The topological polar surface area (TPSA) is 61.8 Å². The molecule has 1 aromatic rings. The van der Waals surface area contributed by atoms with E-state index in [4.69, 9.17) is 14.2 Å². The van der Waals surface area contributed by atoms with Crippen molar-refractivity contribution in [2.24, 2.45) is 0 Å². The molecular formula is C14H17BrO5. The number of carbonyl (C=O) groups is 2. The summed E-state index contributed by atoms with van der Waals surface area (Å²) in [4.78, 5) is 22.2. The van der Waals surface area contributed by atoms with Crippen molar-refractivity contribution in [1.29, 1.82) is 0 Å². The van der Waals surface area contributed by atoms with E-state index >= 15 is 0 Å². The van der Waals surface area contributed by atoms with Crippen LogP contribution in [0.4, 0.5) is 0 Å². The predicted octanol–water partition coefficient (Wildman–Crippen LogP) is 2.50. The van der Waals surface area contributed by atoms with Gasteiger partial charge in [0.25, 0.3) is 0 Å². The average Bonchev–Trinajstić information content (AvgIpc) is 2.37. The van der Waals surface area contributed by atoms with Gasteiger partial charge in [0, 0.05) is 17.0 Å². The van der Waals surface area contributed by atoms with E-state index in [1.54, 1.807) is 19.1 Å². The number of benzene rings is 1. The molecule has 0 heterocycles. The summed E-state index contributed by atoms with van der Waals surface area (Å²) >= 11 is 3.34. The molecule has 20 heavy (non-hydrogen) atoms. The second-order valence-corrected chi connectivity index (χ2v) is 4.84. The Kier molecular flexibility index (Phi) is 7.08. The molecule has 0 radical (unpaired) electrons. The SMILES string of the molecule is CCOC(=O)Cc1ccc(Br)cc1OCCOC(C)=O. The lowest BCUT2D eigenvalue weighted by atomic mass is 10.1. The summed E-state index contributed by atoms with van der Waals surface area (Å²) in [7, 11) is 0. The number of hydrogen-bond acceptors (Lipinski definition) is 5. The molecule has 0 saturated carbocycles. The second-order valence-electron chi connectivity index (χ2n) is 3.92.